The molecule has 1 saturated heterocycles. The Bertz CT molecular complexity index is 2610. The molecule has 2 aliphatic rings. The van der Waals surface area contributed by atoms with Crippen molar-refractivity contribution < 1.29 is 17.8 Å². The van der Waals surface area contributed by atoms with Crippen LogP contribution in [0.1, 0.15) is 53.0 Å². The van der Waals surface area contributed by atoms with Crippen molar-refractivity contribution >= 4 is 71.4 Å². The molecule has 0 radical (unpaired) electrons. The zero-order valence-corrected chi connectivity index (χ0v) is 32.0. The molecule has 1 saturated carbocycles. The first-order valence-corrected chi connectivity index (χ1v) is 20.5. The van der Waals surface area contributed by atoms with Crippen LogP contribution in [0.4, 0.5) is 14.6 Å². The standard InChI is InChI=1S/C38H35ClF2N8O3S2/c1-22-45-31-20-44-35(47(2)25-10-14-48(15-11-25)26-17-38(40,41)18-26)29(19-42)32(31)37(51)49(22)13-5-6-23-7-8-24(39)16-28(23)27-9-12-43-33-30(21-53-34(27)33)36(50)46-54(3,4)52/h7-9,12,16,20-21,25-26H,3,10-11,13-15,17-18H2,1-2,4H3,(H,46,50,52). The highest BCUT2D eigenvalue weighted by Crippen LogP contribution is 2.42. The van der Waals surface area contributed by atoms with Crippen LogP contribution in [0.3, 0.4) is 0 Å². The summed E-state index contributed by atoms with van der Waals surface area (Å²) < 4.78 is 43.6. The Morgan fingerprint density at radius 2 is 1.96 bits per heavy atom. The van der Waals surface area contributed by atoms with Crippen molar-refractivity contribution in [1.29, 1.82) is 5.26 Å². The molecule has 16 heteroatoms. The molecule has 0 spiro atoms. The number of carbonyl (C=O) groups is 1. The van der Waals surface area contributed by atoms with Crippen LogP contribution in [0.5, 0.6) is 0 Å². The van der Waals surface area contributed by atoms with Crippen LogP contribution in [-0.2, 0) is 16.3 Å². The van der Waals surface area contributed by atoms with E-state index >= 15 is 0 Å². The van der Waals surface area contributed by atoms with Gasteiger partial charge >= 0.3 is 0 Å². The molecule has 1 atom stereocenters. The number of fused-ring (bicyclic) bond motifs is 2. The number of hydrogen-bond acceptors (Lipinski definition) is 10. The van der Waals surface area contributed by atoms with E-state index in [-0.39, 0.29) is 48.0 Å². The third-order valence-corrected chi connectivity index (χ3v) is 11.8. The number of anilines is 1. The minimum absolute atomic E-state index is 0.0156. The summed E-state index contributed by atoms with van der Waals surface area (Å²) >= 11 is 7.75. The molecule has 5 heterocycles. The first-order chi connectivity index (χ1) is 25.6. The molecule has 7 rings (SSSR count). The summed E-state index contributed by atoms with van der Waals surface area (Å²) in [7, 11) is -0.949. The van der Waals surface area contributed by atoms with Gasteiger partial charge in [0.05, 0.1) is 39.4 Å². The SMILES string of the molecule is C=S(C)(=O)NC(=O)c1csc2c(-c3cc(Cl)ccc3C#CCn3c(C)nc4cnc(N(C)C5CCN(C6CC(F)(F)C6)CC5)c(C#N)c4c3=O)ccnc12. The van der Waals surface area contributed by atoms with Gasteiger partial charge in [0.25, 0.3) is 17.4 Å². The molecule has 11 nitrogen and oxygen atoms in total. The lowest BCUT2D eigenvalue weighted by Crippen LogP contribution is -2.55. The lowest BCUT2D eigenvalue weighted by Gasteiger charge is -2.46. The van der Waals surface area contributed by atoms with Crippen LogP contribution < -0.4 is 15.2 Å². The first-order valence-electron chi connectivity index (χ1n) is 17.1. The van der Waals surface area contributed by atoms with Gasteiger partial charge in [0, 0.05) is 94.3 Å². The number of aromatic nitrogens is 4. The Morgan fingerprint density at radius 3 is 2.65 bits per heavy atom. The van der Waals surface area contributed by atoms with Gasteiger partial charge in [-0.25, -0.2) is 23.0 Å². The normalized spacial score (nSPS) is 17.3. The number of rotatable bonds is 7. The topological polar surface area (TPSA) is 137 Å². The number of thiophene rings is 1. The summed E-state index contributed by atoms with van der Waals surface area (Å²) in [5.74, 6) is 7.43. The van der Waals surface area contributed by atoms with E-state index in [0.29, 0.717) is 69.5 Å². The second-order valence-electron chi connectivity index (χ2n) is 13.8. The highest BCUT2D eigenvalue weighted by atomic mass is 35.5. The summed E-state index contributed by atoms with van der Waals surface area (Å²) in [6, 6.07) is 9.17. The molecular formula is C38H35ClF2N8O3S2. The smallest absolute Gasteiger partial charge is 0.265 e. The number of benzene rings is 1. The fraction of sp³-hybridized carbons (Fsp3) is 0.342. The van der Waals surface area contributed by atoms with Crippen LogP contribution in [0.15, 0.2) is 46.8 Å². The highest BCUT2D eigenvalue weighted by molar-refractivity contribution is 7.98. The van der Waals surface area contributed by atoms with Crippen molar-refractivity contribution in [2.45, 2.75) is 57.2 Å². The zero-order valence-electron chi connectivity index (χ0n) is 29.7. The van der Waals surface area contributed by atoms with E-state index in [4.69, 9.17) is 11.6 Å². The Hall–Kier alpha value is -4.93. The largest absolute Gasteiger partial charge is 0.355 e. The molecule has 4 aromatic heterocycles. The molecular weight excluding hydrogens is 754 g/mol. The van der Waals surface area contributed by atoms with E-state index in [0.717, 1.165) is 5.56 Å². The Balaban J connectivity index is 1.17. The van der Waals surface area contributed by atoms with Gasteiger partial charge < -0.3 is 4.90 Å². The number of piperidine rings is 1. The number of alkyl halides is 2. The van der Waals surface area contributed by atoms with Crippen molar-refractivity contribution in [2.24, 2.45) is 0 Å². The molecule has 1 unspecified atom stereocenters. The number of halogens is 3. The number of amides is 1. The van der Waals surface area contributed by atoms with Gasteiger partial charge in [-0.15, -0.1) is 11.3 Å². The molecule has 278 valence electrons. The van der Waals surface area contributed by atoms with E-state index in [1.165, 1.54) is 28.4 Å². The number of aryl methyl sites for hydroxylation is 1. The van der Waals surface area contributed by atoms with E-state index in [1.54, 1.807) is 42.8 Å². The van der Waals surface area contributed by atoms with Crippen LogP contribution in [-0.4, -0.2) is 84.8 Å². The van der Waals surface area contributed by atoms with Crippen molar-refractivity contribution in [3.8, 4) is 29.0 Å². The fourth-order valence-electron chi connectivity index (χ4n) is 7.19. The maximum atomic E-state index is 14.1. The molecule has 1 aliphatic heterocycles. The van der Waals surface area contributed by atoms with Crippen molar-refractivity contribution in [3.05, 3.63) is 79.9 Å². The summed E-state index contributed by atoms with van der Waals surface area (Å²) in [6.45, 7) is 3.01. The van der Waals surface area contributed by atoms with Gasteiger partial charge in [0.2, 0.25) is 0 Å². The lowest BCUT2D eigenvalue weighted by molar-refractivity contribution is -0.127. The quantitative estimate of drug-likeness (QED) is 0.164. The van der Waals surface area contributed by atoms with E-state index in [2.05, 4.69) is 48.4 Å². The van der Waals surface area contributed by atoms with Gasteiger partial charge in [0.15, 0.2) is 0 Å². The predicted molar refractivity (Wildman–Crippen MR) is 210 cm³/mol. The number of nitrogens with one attached hydrogen (secondary N) is 1. The molecule has 54 heavy (non-hydrogen) atoms. The first kappa shape index (κ1) is 37.4. The third-order valence-electron chi connectivity index (χ3n) is 9.99. The number of carbonyl (C=O) groups excluding carboxylic acids is 1. The van der Waals surface area contributed by atoms with Gasteiger partial charge in [-0.1, -0.05) is 23.4 Å². The summed E-state index contributed by atoms with van der Waals surface area (Å²) in [5.41, 5.74) is 2.75. The molecule has 1 aromatic carbocycles. The van der Waals surface area contributed by atoms with Crippen molar-refractivity contribution in [3.63, 3.8) is 0 Å². The predicted octanol–water partition coefficient (Wildman–Crippen LogP) is 5.64. The average Bonchev–Trinajstić information content (AvgIpc) is 3.56. The molecule has 1 N–H and O–H groups in total. The Labute approximate surface area is 319 Å². The maximum absolute atomic E-state index is 14.1. The zero-order chi connectivity index (χ0) is 38.5. The van der Waals surface area contributed by atoms with E-state index in [9.17, 15) is 27.8 Å². The second kappa shape index (κ2) is 14.4. The van der Waals surface area contributed by atoms with Gasteiger partial charge in [-0.2, -0.15) is 5.26 Å². The van der Waals surface area contributed by atoms with E-state index < -0.39 is 27.1 Å². The van der Waals surface area contributed by atoms with Gasteiger partial charge in [-0.3, -0.25) is 28.8 Å². The van der Waals surface area contributed by atoms with Crippen molar-refractivity contribution in [1.82, 2.24) is 29.1 Å². The van der Waals surface area contributed by atoms with Crippen LogP contribution in [0.2, 0.25) is 5.02 Å². The van der Waals surface area contributed by atoms with Crippen LogP contribution >= 0.6 is 22.9 Å². The lowest BCUT2D eigenvalue weighted by atomic mass is 9.85. The maximum Gasteiger partial charge on any atom is 0.265 e. The average molecular weight is 789 g/mol. The minimum atomic E-state index is -2.79. The summed E-state index contributed by atoms with van der Waals surface area (Å²) in [5, 5.41) is 12.6. The van der Waals surface area contributed by atoms with Gasteiger partial charge in [-0.05, 0) is 49.9 Å². The molecule has 5 aromatic rings. The van der Waals surface area contributed by atoms with E-state index in [1.807, 2.05) is 11.9 Å². The van der Waals surface area contributed by atoms with Crippen LogP contribution in [0, 0.1) is 30.1 Å². The third kappa shape index (κ3) is 7.29. The second-order valence-corrected chi connectivity index (χ2v) is 17.3. The number of pyridine rings is 2. The molecule has 2 fully saturated rings. The summed E-state index contributed by atoms with van der Waals surface area (Å²) in [6.07, 6.45) is 5.65. The minimum Gasteiger partial charge on any atom is -0.355 e. The monoisotopic (exact) mass is 788 g/mol. The number of hydrogen-bond donors (Lipinski definition) is 1. The number of nitrogens with zero attached hydrogens (tertiary/aromatic N) is 7. The van der Waals surface area contributed by atoms with Crippen LogP contribution in [0.25, 0.3) is 32.2 Å². The molecule has 1 amide bonds. The Kier molecular flexibility index (Phi) is 9.95. The fourth-order valence-corrected chi connectivity index (χ4v) is 8.89. The number of likely N-dealkylation sites (tertiary alicyclic amines) is 1. The van der Waals surface area contributed by atoms with Crippen molar-refractivity contribution in [2.75, 3.05) is 31.3 Å². The highest BCUT2D eigenvalue weighted by Gasteiger charge is 2.48. The molecule has 1 aliphatic carbocycles. The number of nitriles is 1. The molecule has 0 bridgehead atoms. The summed E-state index contributed by atoms with van der Waals surface area (Å²) in [4.78, 5) is 44.5. The van der Waals surface area contributed by atoms with Gasteiger partial charge in [0.1, 0.15) is 23.3 Å². The Morgan fingerprint density at radius 1 is 1.22 bits per heavy atom.